The first kappa shape index (κ1) is 12.4. The van der Waals surface area contributed by atoms with Crippen LogP contribution in [0.1, 0.15) is 12.5 Å². The zero-order valence-electron chi connectivity index (χ0n) is 10.6. The second kappa shape index (κ2) is 5.04. The van der Waals surface area contributed by atoms with Gasteiger partial charge in [0.05, 0.1) is 0 Å². The van der Waals surface area contributed by atoms with E-state index in [0.717, 1.165) is 10.9 Å². The van der Waals surface area contributed by atoms with Crippen LogP contribution >= 0.6 is 0 Å². The predicted molar refractivity (Wildman–Crippen MR) is 71.6 cm³/mol. The lowest BCUT2D eigenvalue weighted by atomic mass is 10.1. The molecule has 1 aromatic carbocycles. The lowest BCUT2D eigenvalue weighted by Crippen LogP contribution is -2.31. The number of nitrogens with one attached hydrogen (secondary N) is 1. The molecule has 94 valence electrons. The van der Waals surface area contributed by atoms with E-state index < -0.39 is 0 Å². The van der Waals surface area contributed by atoms with Crippen molar-refractivity contribution < 1.29 is 4.79 Å². The van der Waals surface area contributed by atoms with Crippen molar-refractivity contribution in [3.63, 3.8) is 0 Å². The van der Waals surface area contributed by atoms with Crippen molar-refractivity contribution in [3.8, 4) is 0 Å². The molecule has 0 spiro atoms. The molecule has 2 rings (SSSR count). The summed E-state index contributed by atoms with van der Waals surface area (Å²) < 4.78 is 1.43. The maximum absolute atomic E-state index is 12.2. The minimum Gasteiger partial charge on any atom is -0.355 e. The fraction of sp³-hybridized carbons (Fsp3) is 0.286. The van der Waals surface area contributed by atoms with Crippen LogP contribution in [-0.2, 0) is 11.3 Å². The van der Waals surface area contributed by atoms with E-state index in [2.05, 4.69) is 5.32 Å². The van der Waals surface area contributed by atoms with E-state index >= 15 is 0 Å². The van der Waals surface area contributed by atoms with E-state index in [1.54, 1.807) is 12.3 Å². The number of fused-ring (bicyclic) bond motifs is 1. The van der Waals surface area contributed by atoms with Crippen LogP contribution in [0.5, 0.6) is 0 Å². The molecule has 0 atom stereocenters. The molecule has 0 fully saturated rings. The third-order valence-electron chi connectivity index (χ3n) is 2.82. The van der Waals surface area contributed by atoms with Gasteiger partial charge < -0.3 is 9.88 Å². The molecule has 1 N–H and O–H groups in total. The van der Waals surface area contributed by atoms with Gasteiger partial charge in [-0.15, -0.1) is 0 Å². The minimum absolute atomic E-state index is 0.0660. The van der Waals surface area contributed by atoms with E-state index in [0.29, 0.717) is 11.9 Å². The van der Waals surface area contributed by atoms with Gasteiger partial charge >= 0.3 is 0 Å². The summed E-state index contributed by atoms with van der Waals surface area (Å²) in [5.74, 6) is -0.147. The highest BCUT2D eigenvalue weighted by Crippen LogP contribution is 2.11. The molecule has 0 bridgehead atoms. The van der Waals surface area contributed by atoms with E-state index in [9.17, 15) is 9.59 Å². The molecular formula is C14H16N2O2. The van der Waals surface area contributed by atoms with Gasteiger partial charge in [0.1, 0.15) is 6.54 Å². The highest BCUT2D eigenvalue weighted by Gasteiger charge is 2.06. The number of carbonyl (C=O) groups excluding carboxylic acids is 1. The molecule has 0 aliphatic carbocycles. The molecule has 0 saturated heterocycles. The van der Waals surface area contributed by atoms with Gasteiger partial charge in [0, 0.05) is 18.1 Å². The van der Waals surface area contributed by atoms with Crippen LogP contribution in [0.4, 0.5) is 0 Å². The van der Waals surface area contributed by atoms with Crippen molar-refractivity contribution in [2.24, 2.45) is 0 Å². The van der Waals surface area contributed by atoms with Gasteiger partial charge in [-0.05, 0) is 31.4 Å². The van der Waals surface area contributed by atoms with Crippen molar-refractivity contribution in [3.05, 3.63) is 46.4 Å². The number of aryl methyl sites for hydroxylation is 1. The second-order valence-corrected chi connectivity index (χ2v) is 4.29. The molecule has 0 radical (unpaired) electrons. The highest BCUT2D eigenvalue weighted by molar-refractivity contribution is 5.82. The van der Waals surface area contributed by atoms with Crippen LogP contribution in [0, 0.1) is 6.92 Å². The van der Waals surface area contributed by atoms with Crippen LogP contribution in [-0.4, -0.2) is 17.0 Å². The summed E-state index contributed by atoms with van der Waals surface area (Å²) in [5, 5.41) is 4.23. The topological polar surface area (TPSA) is 51.1 Å². The average molecular weight is 244 g/mol. The summed E-state index contributed by atoms with van der Waals surface area (Å²) in [4.78, 5) is 23.6. The zero-order chi connectivity index (χ0) is 13.1. The van der Waals surface area contributed by atoms with Crippen LogP contribution in [0.3, 0.4) is 0 Å². The summed E-state index contributed by atoms with van der Waals surface area (Å²) >= 11 is 0. The van der Waals surface area contributed by atoms with Crippen molar-refractivity contribution >= 4 is 16.7 Å². The molecule has 0 unspecified atom stereocenters. The highest BCUT2D eigenvalue weighted by atomic mass is 16.2. The normalized spacial score (nSPS) is 10.6. The Labute approximate surface area is 105 Å². The Balaban J connectivity index is 2.42. The number of benzene rings is 1. The molecule has 4 heteroatoms. The van der Waals surface area contributed by atoms with Gasteiger partial charge in [-0.25, -0.2) is 0 Å². The van der Waals surface area contributed by atoms with Crippen LogP contribution < -0.4 is 10.9 Å². The number of nitrogens with zero attached hydrogens (tertiary/aromatic N) is 1. The molecular weight excluding hydrogens is 228 g/mol. The Bertz CT molecular complexity index is 644. The van der Waals surface area contributed by atoms with Gasteiger partial charge in [0.25, 0.3) is 5.56 Å². The Morgan fingerprint density at radius 2 is 2.11 bits per heavy atom. The standard InChI is InChI=1S/C14H16N2O2/c1-3-15-13(17)9-16-7-6-11-8-10(2)4-5-12(11)14(16)18/h4-8H,3,9H2,1-2H3,(H,15,17). The summed E-state index contributed by atoms with van der Waals surface area (Å²) in [6.45, 7) is 4.47. The first-order valence-electron chi connectivity index (χ1n) is 5.98. The second-order valence-electron chi connectivity index (χ2n) is 4.29. The molecule has 0 aliphatic heterocycles. The van der Waals surface area contributed by atoms with Crippen molar-refractivity contribution in [1.82, 2.24) is 9.88 Å². The van der Waals surface area contributed by atoms with Gasteiger partial charge in [0.2, 0.25) is 5.91 Å². The van der Waals surface area contributed by atoms with E-state index in [-0.39, 0.29) is 18.0 Å². The molecule has 1 amide bonds. The average Bonchev–Trinajstić information content (AvgIpc) is 2.33. The van der Waals surface area contributed by atoms with E-state index in [4.69, 9.17) is 0 Å². The zero-order valence-corrected chi connectivity index (χ0v) is 10.6. The Morgan fingerprint density at radius 1 is 1.33 bits per heavy atom. The molecule has 1 heterocycles. The first-order valence-corrected chi connectivity index (χ1v) is 5.98. The quantitative estimate of drug-likeness (QED) is 0.888. The van der Waals surface area contributed by atoms with Crippen LogP contribution in [0.15, 0.2) is 35.3 Å². The Morgan fingerprint density at radius 3 is 2.83 bits per heavy atom. The maximum Gasteiger partial charge on any atom is 0.258 e. The van der Waals surface area contributed by atoms with Gasteiger partial charge in [-0.2, -0.15) is 0 Å². The lowest BCUT2D eigenvalue weighted by molar-refractivity contribution is -0.121. The Hall–Kier alpha value is -2.10. The number of hydrogen-bond donors (Lipinski definition) is 1. The van der Waals surface area contributed by atoms with E-state index in [1.807, 2.05) is 32.0 Å². The molecule has 1 aromatic heterocycles. The third-order valence-corrected chi connectivity index (χ3v) is 2.82. The first-order chi connectivity index (χ1) is 8.61. The summed E-state index contributed by atoms with van der Waals surface area (Å²) in [6.07, 6.45) is 1.67. The molecule has 0 aliphatic rings. The number of likely N-dealkylation sites (N-methyl/N-ethyl adjacent to an activating group) is 1. The minimum atomic E-state index is -0.147. The van der Waals surface area contributed by atoms with Crippen molar-refractivity contribution in [2.75, 3.05) is 6.54 Å². The number of pyridine rings is 1. The number of amides is 1. The van der Waals surface area contributed by atoms with Gasteiger partial charge in [0.15, 0.2) is 0 Å². The SMILES string of the molecule is CCNC(=O)Cn1ccc2cc(C)ccc2c1=O. The maximum atomic E-state index is 12.2. The Kier molecular flexibility index (Phi) is 3.46. The van der Waals surface area contributed by atoms with Crippen LogP contribution in [0.2, 0.25) is 0 Å². The summed E-state index contributed by atoms with van der Waals surface area (Å²) in [6, 6.07) is 7.54. The van der Waals surface area contributed by atoms with E-state index in [1.165, 1.54) is 4.57 Å². The van der Waals surface area contributed by atoms with Crippen molar-refractivity contribution in [1.29, 1.82) is 0 Å². The predicted octanol–water partition coefficient (Wildman–Crippen LogP) is 1.45. The van der Waals surface area contributed by atoms with Crippen LogP contribution in [0.25, 0.3) is 10.8 Å². The lowest BCUT2D eigenvalue weighted by Gasteiger charge is -2.07. The largest absolute Gasteiger partial charge is 0.355 e. The fourth-order valence-electron chi connectivity index (χ4n) is 1.94. The number of aromatic nitrogens is 1. The monoisotopic (exact) mass is 244 g/mol. The summed E-state index contributed by atoms with van der Waals surface area (Å²) in [5.41, 5.74) is 0.988. The fourth-order valence-corrected chi connectivity index (χ4v) is 1.94. The van der Waals surface area contributed by atoms with Gasteiger partial charge in [-0.3, -0.25) is 9.59 Å². The molecule has 18 heavy (non-hydrogen) atoms. The smallest absolute Gasteiger partial charge is 0.258 e. The van der Waals surface area contributed by atoms with Gasteiger partial charge in [-0.1, -0.05) is 17.7 Å². The molecule has 2 aromatic rings. The summed E-state index contributed by atoms with van der Waals surface area (Å²) in [7, 11) is 0. The molecule has 0 saturated carbocycles. The number of carbonyl (C=O) groups is 1. The third kappa shape index (κ3) is 2.42. The number of rotatable bonds is 3. The van der Waals surface area contributed by atoms with Crippen molar-refractivity contribution in [2.45, 2.75) is 20.4 Å². The molecule has 4 nitrogen and oxygen atoms in total. The number of hydrogen-bond acceptors (Lipinski definition) is 2.